The second kappa shape index (κ2) is 8.49. The number of hydrogen-bond donors (Lipinski definition) is 1. The maximum absolute atomic E-state index is 13.6. The minimum Gasteiger partial charge on any atom is -0.481 e. The molecule has 1 heterocycles. The Morgan fingerprint density at radius 1 is 1.06 bits per heavy atom. The number of carboxylic acid groups (broad SMARTS) is 1. The van der Waals surface area contributed by atoms with Crippen molar-refractivity contribution >= 4 is 34.3 Å². The second-order valence-electron chi connectivity index (χ2n) is 8.85. The van der Waals surface area contributed by atoms with Crippen LogP contribution >= 0.6 is 11.6 Å². The van der Waals surface area contributed by atoms with Gasteiger partial charge in [-0.1, -0.05) is 30.9 Å². The number of Topliss-reactive ketones (excluding diaryl/α,β-unsaturated/α-hetero) is 1. The Labute approximate surface area is 182 Å². The molecule has 31 heavy (non-hydrogen) atoms. The van der Waals surface area contributed by atoms with Crippen molar-refractivity contribution in [3.05, 3.63) is 34.0 Å². The third-order valence-corrected chi connectivity index (χ3v) is 6.90. The lowest BCUT2D eigenvalue weighted by Crippen LogP contribution is -2.19. The molecule has 1 aromatic carbocycles. The minimum atomic E-state index is -4.62. The van der Waals surface area contributed by atoms with Crippen molar-refractivity contribution in [2.24, 2.45) is 11.8 Å². The Bertz CT molecular complexity index is 1010. The molecule has 1 N–H and O–H groups in total. The highest BCUT2D eigenvalue weighted by Crippen LogP contribution is 2.47. The quantitative estimate of drug-likeness (QED) is 0.482. The average molecular weight is 457 g/mol. The first-order chi connectivity index (χ1) is 14.6. The van der Waals surface area contributed by atoms with Gasteiger partial charge in [0.1, 0.15) is 5.58 Å². The summed E-state index contributed by atoms with van der Waals surface area (Å²) < 4.78 is 46.4. The maximum atomic E-state index is 13.6. The third-order valence-electron chi connectivity index (χ3n) is 6.52. The molecular formula is C23H24ClF3O4. The molecule has 0 bridgehead atoms. The smallest absolute Gasteiger partial charge is 0.420 e. The molecule has 2 aliphatic carbocycles. The van der Waals surface area contributed by atoms with Gasteiger partial charge in [-0.25, -0.2) is 0 Å². The van der Waals surface area contributed by atoms with E-state index in [0.717, 1.165) is 38.2 Å². The number of rotatable bonds is 5. The first-order valence-electron chi connectivity index (χ1n) is 10.7. The monoisotopic (exact) mass is 456 g/mol. The molecule has 2 saturated carbocycles. The number of benzene rings is 1. The summed E-state index contributed by atoms with van der Waals surface area (Å²) >= 11 is 6.35. The lowest BCUT2D eigenvalue weighted by Gasteiger charge is -2.22. The molecule has 0 radical (unpaired) electrons. The molecule has 4 nitrogen and oxygen atoms in total. The molecule has 2 atom stereocenters. The fourth-order valence-corrected chi connectivity index (χ4v) is 4.88. The Hall–Kier alpha value is -2.02. The second-order valence-corrected chi connectivity index (χ2v) is 9.23. The summed E-state index contributed by atoms with van der Waals surface area (Å²) in [6.07, 6.45) is 1.23. The van der Waals surface area contributed by atoms with E-state index in [9.17, 15) is 27.9 Å². The van der Waals surface area contributed by atoms with Crippen molar-refractivity contribution < 1.29 is 32.3 Å². The summed E-state index contributed by atoms with van der Waals surface area (Å²) in [5.41, 5.74) is -0.724. The molecule has 1 aromatic heterocycles. The number of ketones is 1. The van der Waals surface area contributed by atoms with E-state index in [-0.39, 0.29) is 34.4 Å². The van der Waals surface area contributed by atoms with Crippen molar-refractivity contribution in [2.45, 2.75) is 69.9 Å². The fourth-order valence-electron chi connectivity index (χ4n) is 4.59. The van der Waals surface area contributed by atoms with E-state index < -0.39 is 35.0 Å². The van der Waals surface area contributed by atoms with Gasteiger partial charge in [-0.2, -0.15) is 13.2 Å². The summed E-state index contributed by atoms with van der Waals surface area (Å²) in [7, 11) is 0. The predicted octanol–water partition coefficient (Wildman–Crippen LogP) is 7.23. The van der Waals surface area contributed by atoms with E-state index in [2.05, 4.69) is 0 Å². The normalized spacial score (nSPS) is 22.8. The Balaban J connectivity index is 1.61. The minimum absolute atomic E-state index is 0.0389. The van der Waals surface area contributed by atoms with Crippen LogP contribution in [0.5, 0.6) is 0 Å². The number of furan rings is 1. The summed E-state index contributed by atoms with van der Waals surface area (Å²) in [6, 6.07) is 2.72. The van der Waals surface area contributed by atoms with E-state index in [1.807, 2.05) is 0 Å². The SMILES string of the molecule is O=C(CC1CCCCC(C(=O)O)CC1)c1oc2c(C(F)(F)F)cc(C3CC3)cc2c1Cl. The Kier molecular flexibility index (Phi) is 6.08. The third kappa shape index (κ3) is 4.76. The van der Waals surface area contributed by atoms with Gasteiger partial charge in [0.25, 0.3) is 0 Å². The first-order valence-corrected chi connectivity index (χ1v) is 11.1. The van der Waals surface area contributed by atoms with Crippen LogP contribution in [-0.2, 0) is 11.0 Å². The summed E-state index contributed by atoms with van der Waals surface area (Å²) in [5, 5.41) is 9.35. The number of aliphatic carboxylic acids is 1. The van der Waals surface area contributed by atoms with E-state index >= 15 is 0 Å². The van der Waals surface area contributed by atoms with Crippen LogP contribution in [0.3, 0.4) is 0 Å². The van der Waals surface area contributed by atoms with E-state index in [4.69, 9.17) is 16.0 Å². The zero-order valence-corrected chi connectivity index (χ0v) is 17.7. The van der Waals surface area contributed by atoms with Crippen LogP contribution < -0.4 is 0 Å². The van der Waals surface area contributed by atoms with Crippen LogP contribution in [0.25, 0.3) is 11.0 Å². The highest BCUT2D eigenvalue weighted by atomic mass is 35.5. The molecule has 0 spiro atoms. The van der Waals surface area contributed by atoms with Crippen LogP contribution in [0.4, 0.5) is 13.2 Å². The molecular weight excluding hydrogens is 433 g/mol. The first kappa shape index (κ1) is 22.2. The van der Waals surface area contributed by atoms with Crippen molar-refractivity contribution in [2.75, 3.05) is 0 Å². The number of carboxylic acids is 1. The number of carbonyl (C=O) groups excluding carboxylic acids is 1. The van der Waals surface area contributed by atoms with Crippen LogP contribution in [0.1, 0.15) is 85.4 Å². The molecule has 2 fully saturated rings. The lowest BCUT2D eigenvalue weighted by molar-refractivity contribution is -0.142. The average Bonchev–Trinajstić information content (AvgIpc) is 3.46. The Morgan fingerprint density at radius 3 is 2.42 bits per heavy atom. The van der Waals surface area contributed by atoms with E-state index in [0.29, 0.717) is 24.8 Å². The highest BCUT2D eigenvalue weighted by molar-refractivity contribution is 6.38. The van der Waals surface area contributed by atoms with Gasteiger partial charge in [0.2, 0.25) is 0 Å². The van der Waals surface area contributed by atoms with Crippen LogP contribution in [0, 0.1) is 11.8 Å². The number of hydrogen-bond acceptors (Lipinski definition) is 3. The molecule has 0 amide bonds. The molecule has 2 aliphatic rings. The molecule has 2 unspecified atom stereocenters. The highest BCUT2D eigenvalue weighted by Gasteiger charge is 2.38. The number of fused-ring (bicyclic) bond motifs is 1. The van der Waals surface area contributed by atoms with Gasteiger partial charge in [-0.15, -0.1) is 0 Å². The molecule has 4 rings (SSSR count). The van der Waals surface area contributed by atoms with Gasteiger partial charge in [0, 0.05) is 11.8 Å². The van der Waals surface area contributed by atoms with Crippen LogP contribution in [0.15, 0.2) is 16.5 Å². The Morgan fingerprint density at radius 2 is 1.77 bits per heavy atom. The van der Waals surface area contributed by atoms with E-state index in [1.54, 1.807) is 6.07 Å². The number of alkyl halides is 3. The van der Waals surface area contributed by atoms with Crippen molar-refractivity contribution in [3.8, 4) is 0 Å². The van der Waals surface area contributed by atoms with Gasteiger partial charge in [0.15, 0.2) is 11.5 Å². The molecule has 8 heteroatoms. The summed E-state index contributed by atoms with van der Waals surface area (Å²) in [6.45, 7) is 0. The zero-order valence-electron chi connectivity index (χ0n) is 16.9. The molecule has 168 valence electrons. The zero-order chi connectivity index (χ0) is 22.3. The van der Waals surface area contributed by atoms with E-state index in [1.165, 1.54) is 0 Å². The van der Waals surface area contributed by atoms with Gasteiger partial charge in [-0.3, -0.25) is 9.59 Å². The van der Waals surface area contributed by atoms with Crippen LogP contribution in [0.2, 0.25) is 5.02 Å². The van der Waals surface area contributed by atoms with Gasteiger partial charge in [0.05, 0.1) is 16.5 Å². The molecule has 0 aliphatic heterocycles. The van der Waals surface area contributed by atoms with Crippen molar-refractivity contribution in [1.82, 2.24) is 0 Å². The number of carbonyl (C=O) groups is 2. The number of halogens is 4. The molecule has 2 aromatic rings. The largest absolute Gasteiger partial charge is 0.481 e. The van der Waals surface area contributed by atoms with Gasteiger partial charge in [-0.05, 0) is 61.6 Å². The maximum Gasteiger partial charge on any atom is 0.420 e. The van der Waals surface area contributed by atoms with Gasteiger partial charge >= 0.3 is 12.1 Å². The standard InChI is InChI=1S/C23H24ClF3O4/c24-19-16-10-15(13-7-8-13)11-17(23(25,26)27)20(16)31-21(19)18(28)9-12-3-1-2-4-14(6-5-12)22(29)30/h10-14H,1-9H2,(H,29,30). The van der Waals surface area contributed by atoms with Crippen LogP contribution in [-0.4, -0.2) is 16.9 Å². The summed E-state index contributed by atoms with van der Waals surface area (Å²) in [5.74, 6) is -1.84. The predicted molar refractivity (Wildman–Crippen MR) is 109 cm³/mol. The fraction of sp³-hybridized carbons (Fsp3) is 0.565. The lowest BCUT2D eigenvalue weighted by atomic mass is 9.83. The summed E-state index contributed by atoms with van der Waals surface area (Å²) in [4.78, 5) is 24.2. The topological polar surface area (TPSA) is 67.5 Å². The van der Waals surface area contributed by atoms with Crippen molar-refractivity contribution in [3.63, 3.8) is 0 Å². The van der Waals surface area contributed by atoms with Crippen molar-refractivity contribution in [1.29, 1.82) is 0 Å². The van der Waals surface area contributed by atoms with Gasteiger partial charge < -0.3 is 9.52 Å². The molecule has 0 saturated heterocycles.